The van der Waals surface area contributed by atoms with Gasteiger partial charge in [-0.3, -0.25) is 0 Å². The summed E-state index contributed by atoms with van der Waals surface area (Å²) in [5, 5.41) is 0. The van der Waals surface area contributed by atoms with Gasteiger partial charge in [0, 0.05) is 29.3 Å². The van der Waals surface area contributed by atoms with Crippen LogP contribution in [0.25, 0.3) is 11.1 Å². The number of aromatic nitrogens is 1. The number of benzene rings is 3. The minimum atomic E-state index is 0.120. The highest BCUT2D eigenvalue weighted by atomic mass is 15.2. The zero-order chi connectivity index (χ0) is 20.6. The molecule has 1 aliphatic heterocycles. The molecule has 1 aromatic heterocycles. The van der Waals surface area contributed by atoms with Gasteiger partial charge in [-0.05, 0) is 35.6 Å². The van der Waals surface area contributed by atoms with Gasteiger partial charge < -0.3 is 0 Å². The second-order valence-electron chi connectivity index (χ2n) is 8.21. The summed E-state index contributed by atoms with van der Waals surface area (Å²) in [6, 6.07) is 32.9. The number of allylic oxidation sites excluding steroid dienone is 2. The van der Waals surface area contributed by atoms with Crippen LogP contribution in [0.3, 0.4) is 0 Å². The van der Waals surface area contributed by atoms with Gasteiger partial charge in [0.1, 0.15) is 0 Å². The summed E-state index contributed by atoms with van der Waals surface area (Å²) in [5.74, 6) is 0. The van der Waals surface area contributed by atoms with Crippen molar-refractivity contribution in [1.29, 1.82) is 0 Å². The maximum atomic E-state index is 2.47. The first-order chi connectivity index (χ1) is 15.4. The fourth-order valence-electron chi connectivity index (χ4n) is 4.98. The summed E-state index contributed by atoms with van der Waals surface area (Å²) < 4.78 is 4.74. The predicted molar refractivity (Wildman–Crippen MR) is 125 cm³/mol. The first-order valence-electron chi connectivity index (χ1n) is 10.9. The SMILES string of the molecule is C1=CCc2c(cccc2[N+]2=C[n+]3ccccc3C2c2ccccc2-c2ccccc2)C1. The lowest BCUT2D eigenvalue weighted by Gasteiger charge is -2.16. The van der Waals surface area contributed by atoms with E-state index in [4.69, 9.17) is 0 Å². The van der Waals surface area contributed by atoms with E-state index < -0.39 is 0 Å². The summed E-state index contributed by atoms with van der Waals surface area (Å²) in [6.07, 6.45) is 11.0. The number of hydrogen-bond donors (Lipinski definition) is 0. The molecule has 148 valence electrons. The molecule has 6 rings (SSSR count). The first-order valence-corrected chi connectivity index (χ1v) is 10.9. The molecule has 2 nitrogen and oxygen atoms in total. The number of fused-ring (bicyclic) bond motifs is 2. The van der Waals surface area contributed by atoms with Crippen molar-refractivity contribution in [3.8, 4) is 11.1 Å². The van der Waals surface area contributed by atoms with Crippen molar-refractivity contribution in [3.63, 3.8) is 0 Å². The number of nitrogens with zero attached hydrogens (tertiary/aromatic N) is 2. The fourth-order valence-corrected chi connectivity index (χ4v) is 4.98. The molecule has 0 amide bonds. The molecule has 2 heterocycles. The lowest BCUT2D eigenvalue weighted by Crippen LogP contribution is -2.34. The van der Waals surface area contributed by atoms with E-state index in [0.29, 0.717) is 0 Å². The van der Waals surface area contributed by atoms with Crippen LogP contribution in [0.15, 0.2) is 109 Å². The van der Waals surface area contributed by atoms with Crippen LogP contribution in [0.5, 0.6) is 0 Å². The van der Waals surface area contributed by atoms with E-state index in [1.54, 1.807) is 0 Å². The largest absolute Gasteiger partial charge is 0.414 e. The minimum Gasteiger partial charge on any atom is -0.124 e. The third-order valence-corrected chi connectivity index (χ3v) is 6.42. The van der Waals surface area contributed by atoms with Crippen LogP contribution in [0.2, 0.25) is 0 Å². The van der Waals surface area contributed by atoms with E-state index in [9.17, 15) is 0 Å². The van der Waals surface area contributed by atoms with Gasteiger partial charge in [0.15, 0.2) is 6.20 Å². The highest BCUT2D eigenvalue weighted by Crippen LogP contribution is 2.39. The number of rotatable bonds is 3. The van der Waals surface area contributed by atoms with Gasteiger partial charge in [-0.15, -0.1) is 9.14 Å². The van der Waals surface area contributed by atoms with Crippen molar-refractivity contribution in [2.45, 2.75) is 18.9 Å². The molecule has 0 saturated carbocycles. The molecule has 1 aliphatic carbocycles. The standard InChI is InChI=1S/C29H24N2/c1-2-11-22(12-3-1)24-15-6-7-17-26(24)29-28-18-8-9-20-30(28)21-31(29)27-19-10-14-23-13-4-5-16-25(23)27/h1-12,14-15,17-21,29H,13,16H2/q+2. The van der Waals surface area contributed by atoms with Crippen molar-refractivity contribution in [2.75, 3.05) is 0 Å². The van der Waals surface area contributed by atoms with Crippen LogP contribution >= 0.6 is 0 Å². The molecular formula is C29H24N2+2. The van der Waals surface area contributed by atoms with Crippen LogP contribution in [0, 0.1) is 0 Å². The second-order valence-corrected chi connectivity index (χ2v) is 8.21. The van der Waals surface area contributed by atoms with E-state index in [1.807, 2.05) is 0 Å². The van der Waals surface area contributed by atoms with Gasteiger partial charge in [-0.25, -0.2) is 0 Å². The van der Waals surface area contributed by atoms with Crippen molar-refractivity contribution in [2.24, 2.45) is 0 Å². The Balaban J connectivity index is 1.58. The molecule has 31 heavy (non-hydrogen) atoms. The molecule has 2 heteroatoms. The summed E-state index contributed by atoms with van der Waals surface area (Å²) in [6.45, 7) is 0. The van der Waals surface area contributed by atoms with Crippen LogP contribution in [-0.2, 0) is 12.8 Å². The van der Waals surface area contributed by atoms with Crippen molar-refractivity contribution in [1.82, 2.24) is 0 Å². The maximum absolute atomic E-state index is 2.47. The van der Waals surface area contributed by atoms with Gasteiger partial charge in [0.25, 0.3) is 11.7 Å². The highest BCUT2D eigenvalue weighted by Gasteiger charge is 2.44. The molecule has 0 saturated heterocycles. The van der Waals surface area contributed by atoms with E-state index in [2.05, 4.69) is 125 Å². The molecule has 3 aromatic carbocycles. The molecule has 0 spiro atoms. The molecule has 0 N–H and O–H groups in total. The third-order valence-electron chi connectivity index (χ3n) is 6.42. The molecule has 0 fully saturated rings. The van der Waals surface area contributed by atoms with E-state index in [1.165, 1.54) is 39.2 Å². The average Bonchev–Trinajstić information content (AvgIpc) is 3.23. The Morgan fingerprint density at radius 2 is 1.48 bits per heavy atom. The summed E-state index contributed by atoms with van der Waals surface area (Å²) in [7, 11) is 0. The summed E-state index contributed by atoms with van der Waals surface area (Å²) >= 11 is 0. The van der Waals surface area contributed by atoms with E-state index in [0.717, 1.165) is 12.8 Å². The van der Waals surface area contributed by atoms with Crippen LogP contribution in [0.4, 0.5) is 5.69 Å². The van der Waals surface area contributed by atoms with Crippen molar-refractivity contribution < 1.29 is 9.14 Å². The normalized spacial score (nSPS) is 16.5. The minimum absolute atomic E-state index is 0.120. The van der Waals surface area contributed by atoms with Gasteiger partial charge >= 0.3 is 6.34 Å². The smallest absolute Gasteiger partial charge is 0.124 e. The lowest BCUT2D eigenvalue weighted by atomic mass is 9.91. The molecule has 0 radical (unpaired) electrons. The maximum Gasteiger partial charge on any atom is 0.414 e. The van der Waals surface area contributed by atoms with Crippen molar-refractivity contribution >= 4 is 12.0 Å². The van der Waals surface area contributed by atoms with Crippen LogP contribution < -0.4 is 4.57 Å². The van der Waals surface area contributed by atoms with E-state index >= 15 is 0 Å². The molecule has 0 bridgehead atoms. The molecule has 1 unspecified atom stereocenters. The number of hydrogen-bond acceptors (Lipinski definition) is 0. The van der Waals surface area contributed by atoms with E-state index in [-0.39, 0.29) is 6.04 Å². The molecule has 2 aliphatic rings. The zero-order valence-electron chi connectivity index (χ0n) is 17.4. The average molecular weight is 401 g/mol. The van der Waals surface area contributed by atoms with Crippen molar-refractivity contribution in [3.05, 3.63) is 132 Å². The zero-order valence-corrected chi connectivity index (χ0v) is 17.4. The van der Waals surface area contributed by atoms with Gasteiger partial charge in [-0.2, -0.15) is 0 Å². The summed E-state index contributed by atoms with van der Waals surface area (Å²) in [5.41, 5.74) is 9.33. The predicted octanol–water partition coefficient (Wildman–Crippen LogP) is 5.62. The Morgan fingerprint density at radius 3 is 2.42 bits per heavy atom. The third kappa shape index (κ3) is 3.03. The van der Waals surface area contributed by atoms with Gasteiger partial charge in [-0.1, -0.05) is 78.9 Å². The monoisotopic (exact) mass is 400 g/mol. The van der Waals surface area contributed by atoms with Crippen LogP contribution in [-0.4, -0.2) is 10.9 Å². The quantitative estimate of drug-likeness (QED) is 0.311. The Labute approximate surface area is 183 Å². The highest BCUT2D eigenvalue weighted by molar-refractivity contribution is 5.69. The lowest BCUT2D eigenvalue weighted by molar-refractivity contribution is -0.564. The molecule has 4 aromatic rings. The fraction of sp³-hybridized carbons (Fsp3) is 0.103. The van der Waals surface area contributed by atoms with Gasteiger partial charge in [0.05, 0.1) is 0 Å². The topological polar surface area (TPSA) is 6.89 Å². The second kappa shape index (κ2) is 7.48. The van der Waals surface area contributed by atoms with Gasteiger partial charge in [0.2, 0.25) is 5.69 Å². The molecule has 1 atom stereocenters. The van der Waals surface area contributed by atoms with Crippen LogP contribution in [0.1, 0.15) is 28.4 Å². The Hall–Kier alpha value is -3.78. The summed E-state index contributed by atoms with van der Waals surface area (Å²) in [4.78, 5) is 0. The number of pyridine rings is 1. The Bertz CT molecular complexity index is 1330. The molecular weight excluding hydrogens is 376 g/mol. The Morgan fingerprint density at radius 1 is 0.677 bits per heavy atom. The Kier molecular flexibility index (Phi) is 4.35. The first kappa shape index (κ1) is 18.0.